The Hall–Kier alpha value is -2.50. The maximum Gasteiger partial charge on any atom is 0.416 e. The normalized spacial score (nSPS) is 12.6. The summed E-state index contributed by atoms with van der Waals surface area (Å²) in [5.41, 5.74) is 1.68. The summed E-state index contributed by atoms with van der Waals surface area (Å²) >= 11 is 0. The lowest BCUT2D eigenvalue weighted by Gasteiger charge is -2.16. The molecule has 24 heavy (non-hydrogen) atoms. The third-order valence-electron chi connectivity index (χ3n) is 3.64. The largest absolute Gasteiger partial charge is 0.481 e. The SMILES string of the molecule is Cc1ccc(O[C@@H](C)C(=O)Nc2ccc(C(F)(F)F)cc2)cc1C. The van der Waals surface area contributed by atoms with Crippen LogP contribution < -0.4 is 10.1 Å². The van der Waals surface area contributed by atoms with E-state index in [9.17, 15) is 18.0 Å². The van der Waals surface area contributed by atoms with Gasteiger partial charge in [0.25, 0.3) is 5.91 Å². The molecule has 0 heterocycles. The van der Waals surface area contributed by atoms with E-state index in [1.54, 1.807) is 13.0 Å². The maximum absolute atomic E-state index is 12.5. The van der Waals surface area contributed by atoms with E-state index in [0.717, 1.165) is 23.3 Å². The van der Waals surface area contributed by atoms with Gasteiger partial charge in [0, 0.05) is 5.69 Å². The predicted molar refractivity (Wildman–Crippen MR) is 86.1 cm³/mol. The third kappa shape index (κ3) is 4.50. The van der Waals surface area contributed by atoms with Crippen molar-refractivity contribution in [1.29, 1.82) is 0 Å². The van der Waals surface area contributed by atoms with E-state index in [1.165, 1.54) is 12.1 Å². The Morgan fingerprint density at radius 2 is 1.67 bits per heavy atom. The topological polar surface area (TPSA) is 38.3 Å². The summed E-state index contributed by atoms with van der Waals surface area (Å²) in [4.78, 5) is 12.1. The molecule has 128 valence electrons. The molecule has 2 rings (SSSR count). The number of nitrogens with one attached hydrogen (secondary N) is 1. The molecule has 0 unspecified atom stereocenters. The van der Waals surface area contributed by atoms with Gasteiger partial charge in [0.15, 0.2) is 6.10 Å². The molecule has 0 aromatic heterocycles. The van der Waals surface area contributed by atoms with E-state index >= 15 is 0 Å². The summed E-state index contributed by atoms with van der Waals surface area (Å²) in [7, 11) is 0. The monoisotopic (exact) mass is 337 g/mol. The number of halogens is 3. The molecule has 0 saturated heterocycles. The van der Waals surface area contributed by atoms with Gasteiger partial charge < -0.3 is 10.1 Å². The van der Waals surface area contributed by atoms with Crippen molar-refractivity contribution in [3.8, 4) is 5.75 Å². The van der Waals surface area contributed by atoms with Crippen LogP contribution in [0, 0.1) is 13.8 Å². The van der Waals surface area contributed by atoms with Crippen LogP contribution in [-0.2, 0) is 11.0 Å². The Balaban J connectivity index is 1.99. The number of carbonyl (C=O) groups is 1. The van der Waals surface area contributed by atoms with Gasteiger partial charge in [0.2, 0.25) is 0 Å². The van der Waals surface area contributed by atoms with Crippen molar-refractivity contribution in [3.05, 3.63) is 59.2 Å². The quantitative estimate of drug-likeness (QED) is 0.876. The molecule has 0 aliphatic heterocycles. The highest BCUT2D eigenvalue weighted by molar-refractivity contribution is 5.94. The van der Waals surface area contributed by atoms with Gasteiger partial charge in [-0.25, -0.2) is 0 Å². The molecule has 0 aliphatic carbocycles. The number of hydrogen-bond acceptors (Lipinski definition) is 2. The van der Waals surface area contributed by atoms with Gasteiger partial charge in [-0.15, -0.1) is 0 Å². The first-order chi connectivity index (χ1) is 11.2. The van der Waals surface area contributed by atoms with Gasteiger partial charge in [-0.05, 0) is 68.3 Å². The Morgan fingerprint density at radius 1 is 1.04 bits per heavy atom. The minimum absolute atomic E-state index is 0.281. The van der Waals surface area contributed by atoms with Crippen molar-refractivity contribution in [3.63, 3.8) is 0 Å². The molecule has 1 N–H and O–H groups in total. The van der Waals surface area contributed by atoms with Crippen LogP contribution in [0.1, 0.15) is 23.6 Å². The van der Waals surface area contributed by atoms with E-state index in [-0.39, 0.29) is 5.69 Å². The van der Waals surface area contributed by atoms with Crippen LogP contribution in [0.3, 0.4) is 0 Å². The second-order valence-corrected chi connectivity index (χ2v) is 5.57. The number of amides is 1. The first-order valence-corrected chi connectivity index (χ1v) is 7.39. The van der Waals surface area contributed by atoms with Crippen LogP contribution in [0.2, 0.25) is 0 Å². The molecule has 1 amide bonds. The Morgan fingerprint density at radius 3 is 2.21 bits per heavy atom. The van der Waals surface area contributed by atoms with E-state index < -0.39 is 23.8 Å². The molecule has 0 bridgehead atoms. The lowest BCUT2D eigenvalue weighted by molar-refractivity contribution is -0.137. The van der Waals surface area contributed by atoms with Gasteiger partial charge in [-0.1, -0.05) is 6.07 Å². The fraction of sp³-hybridized carbons (Fsp3) is 0.278. The molecule has 3 nitrogen and oxygen atoms in total. The number of benzene rings is 2. The molecule has 2 aromatic carbocycles. The van der Waals surface area contributed by atoms with E-state index in [0.29, 0.717) is 5.75 Å². The van der Waals surface area contributed by atoms with E-state index in [2.05, 4.69) is 5.32 Å². The Labute approximate surface area is 138 Å². The zero-order chi connectivity index (χ0) is 17.9. The summed E-state index contributed by atoms with van der Waals surface area (Å²) in [5.74, 6) is 0.126. The molecular weight excluding hydrogens is 319 g/mol. The standard InChI is InChI=1S/C18H18F3NO2/c1-11-4-9-16(10-12(11)2)24-13(3)17(23)22-15-7-5-14(6-8-15)18(19,20)21/h4-10,13H,1-3H3,(H,22,23)/t13-/m0/s1. The fourth-order valence-corrected chi connectivity index (χ4v) is 2.03. The lowest BCUT2D eigenvalue weighted by Crippen LogP contribution is -2.30. The van der Waals surface area contributed by atoms with Crippen molar-refractivity contribution in [2.45, 2.75) is 33.1 Å². The summed E-state index contributed by atoms with van der Waals surface area (Å²) in [6, 6.07) is 9.76. The molecule has 0 radical (unpaired) electrons. The number of rotatable bonds is 4. The van der Waals surface area contributed by atoms with Crippen molar-refractivity contribution in [2.75, 3.05) is 5.32 Å². The highest BCUT2D eigenvalue weighted by atomic mass is 19.4. The smallest absolute Gasteiger partial charge is 0.416 e. The highest BCUT2D eigenvalue weighted by Crippen LogP contribution is 2.29. The molecular formula is C18H18F3NO2. The first kappa shape index (κ1) is 17.8. The third-order valence-corrected chi connectivity index (χ3v) is 3.64. The van der Waals surface area contributed by atoms with Gasteiger partial charge in [0.05, 0.1) is 5.56 Å². The number of aryl methyl sites for hydroxylation is 2. The molecule has 0 spiro atoms. The number of anilines is 1. The number of alkyl halides is 3. The van der Waals surface area contributed by atoms with Crippen molar-refractivity contribution in [1.82, 2.24) is 0 Å². The van der Waals surface area contributed by atoms with Crippen LogP contribution in [0.4, 0.5) is 18.9 Å². The Kier molecular flexibility index (Phi) is 5.17. The van der Waals surface area contributed by atoms with Crippen LogP contribution >= 0.6 is 0 Å². The zero-order valence-electron chi connectivity index (χ0n) is 13.6. The van der Waals surface area contributed by atoms with Gasteiger partial charge in [0.1, 0.15) is 5.75 Å². The minimum atomic E-state index is -4.40. The molecule has 1 atom stereocenters. The molecule has 6 heteroatoms. The van der Waals surface area contributed by atoms with Gasteiger partial charge in [-0.2, -0.15) is 13.2 Å². The van der Waals surface area contributed by atoms with Crippen LogP contribution in [-0.4, -0.2) is 12.0 Å². The van der Waals surface area contributed by atoms with E-state index in [1.807, 2.05) is 26.0 Å². The van der Waals surface area contributed by atoms with Crippen LogP contribution in [0.15, 0.2) is 42.5 Å². The van der Waals surface area contributed by atoms with E-state index in [4.69, 9.17) is 4.74 Å². The average Bonchev–Trinajstić information content (AvgIpc) is 2.50. The highest BCUT2D eigenvalue weighted by Gasteiger charge is 2.30. The number of carbonyl (C=O) groups excluding carboxylic acids is 1. The van der Waals surface area contributed by atoms with Gasteiger partial charge >= 0.3 is 6.18 Å². The van der Waals surface area contributed by atoms with Crippen molar-refractivity contribution in [2.24, 2.45) is 0 Å². The molecule has 0 fully saturated rings. The number of hydrogen-bond donors (Lipinski definition) is 1. The summed E-state index contributed by atoms with van der Waals surface area (Å²) in [6.45, 7) is 5.49. The molecule has 0 aliphatic rings. The summed E-state index contributed by atoms with van der Waals surface area (Å²) in [5, 5.41) is 2.54. The second-order valence-electron chi connectivity index (χ2n) is 5.57. The van der Waals surface area contributed by atoms with Crippen molar-refractivity contribution >= 4 is 11.6 Å². The van der Waals surface area contributed by atoms with Gasteiger partial charge in [-0.3, -0.25) is 4.79 Å². The van der Waals surface area contributed by atoms with Crippen LogP contribution in [0.25, 0.3) is 0 Å². The zero-order valence-corrected chi connectivity index (χ0v) is 13.6. The number of ether oxygens (including phenoxy) is 1. The van der Waals surface area contributed by atoms with Crippen molar-refractivity contribution < 1.29 is 22.7 Å². The maximum atomic E-state index is 12.5. The fourth-order valence-electron chi connectivity index (χ4n) is 2.03. The molecule has 0 saturated carbocycles. The minimum Gasteiger partial charge on any atom is -0.481 e. The predicted octanol–water partition coefficient (Wildman–Crippen LogP) is 4.73. The summed E-state index contributed by atoms with van der Waals surface area (Å²) in [6.07, 6.45) is -5.18. The average molecular weight is 337 g/mol. The lowest BCUT2D eigenvalue weighted by atomic mass is 10.1. The second kappa shape index (κ2) is 6.95. The molecule has 2 aromatic rings. The first-order valence-electron chi connectivity index (χ1n) is 7.39. The van der Waals surface area contributed by atoms with Crippen LogP contribution in [0.5, 0.6) is 5.75 Å². The Bertz CT molecular complexity index is 724. The summed E-state index contributed by atoms with van der Waals surface area (Å²) < 4.78 is 43.1.